The smallest absolute Gasteiger partial charge is 0.311 e. The predicted octanol–water partition coefficient (Wildman–Crippen LogP) is 2.73. The molecule has 0 heterocycles. The summed E-state index contributed by atoms with van der Waals surface area (Å²) in [6.45, 7) is -0.0320. The lowest BCUT2D eigenvalue weighted by Gasteiger charge is -2.11. The van der Waals surface area contributed by atoms with E-state index in [9.17, 15) is 10.1 Å². The van der Waals surface area contributed by atoms with Crippen molar-refractivity contribution in [2.45, 2.75) is 18.9 Å². The normalized spacial score (nSPS) is 11.5. The lowest BCUT2D eigenvalue weighted by molar-refractivity contribution is -0.385. The summed E-state index contributed by atoms with van der Waals surface area (Å²) in [6, 6.07) is 3.87. The number of nitro benzene ring substituents is 1. The Morgan fingerprint density at radius 2 is 2.37 bits per heavy atom. The van der Waals surface area contributed by atoms with E-state index < -0.39 is 11.0 Å². The second-order valence-corrected chi connectivity index (χ2v) is 3.77. The van der Waals surface area contributed by atoms with Crippen molar-refractivity contribution >= 4 is 5.69 Å². The number of rotatable bonds is 7. The fourth-order valence-electron chi connectivity index (χ4n) is 1.69. The third-order valence-electron chi connectivity index (χ3n) is 2.61. The first-order chi connectivity index (χ1) is 9.13. The van der Waals surface area contributed by atoms with E-state index in [0.29, 0.717) is 18.4 Å². The van der Waals surface area contributed by atoms with Crippen LogP contribution < -0.4 is 4.74 Å². The summed E-state index contributed by atoms with van der Waals surface area (Å²) < 4.78 is 4.90. The second kappa shape index (κ2) is 7.20. The number of azide groups is 1. The Bertz CT molecular complexity index is 499. The molecular weight excluding hydrogens is 252 g/mol. The summed E-state index contributed by atoms with van der Waals surface area (Å²) in [5.74, 6) is 0.149. The molecule has 1 N–H and O–H groups in total. The molecule has 0 bridgehead atoms. The molecule has 8 nitrogen and oxygen atoms in total. The van der Waals surface area contributed by atoms with Crippen LogP contribution in [-0.2, 0) is 0 Å². The lowest BCUT2D eigenvalue weighted by Crippen LogP contribution is -2.00. The summed E-state index contributed by atoms with van der Waals surface area (Å²) in [7, 11) is 1.35. The molecular formula is C11H14N4O4. The molecule has 8 heteroatoms. The summed E-state index contributed by atoms with van der Waals surface area (Å²) in [6.07, 6.45) is 0.869. The van der Waals surface area contributed by atoms with E-state index in [1.807, 2.05) is 0 Å². The van der Waals surface area contributed by atoms with Gasteiger partial charge < -0.3 is 9.84 Å². The molecule has 0 aromatic heterocycles. The van der Waals surface area contributed by atoms with E-state index in [0.717, 1.165) is 0 Å². The van der Waals surface area contributed by atoms with Crippen molar-refractivity contribution in [2.24, 2.45) is 5.11 Å². The lowest BCUT2D eigenvalue weighted by atomic mass is 10.0. The fourth-order valence-corrected chi connectivity index (χ4v) is 1.69. The van der Waals surface area contributed by atoms with E-state index in [-0.39, 0.29) is 18.0 Å². The Kier molecular flexibility index (Phi) is 5.59. The first-order valence-corrected chi connectivity index (χ1v) is 5.61. The average molecular weight is 266 g/mol. The van der Waals surface area contributed by atoms with E-state index in [4.69, 9.17) is 15.4 Å². The minimum atomic E-state index is -0.554. The van der Waals surface area contributed by atoms with Crippen LogP contribution in [0.2, 0.25) is 0 Å². The third-order valence-corrected chi connectivity index (χ3v) is 2.61. The maximum Gasteiger partial charge on any atom is 0.311 e. The highest BCUT2D eigenvalue weighted by molar-refractivity contribution is 5.49. The molecule has 0 spiro atoms. The molecule has 0 saturated carbocycles. The van der Waals surface area contributed by atoms with Gasteiger partial charge in [-0.15, -0.1) is 0 Å². The van der Waals surface area contributed by atoms with Crippen molar-refractivity contribution in [3.8, 4) is 5.75 Å². The van der Waals surface area contributed by atoms with Crippen LogP contribution in [0, 0.1) is 10.1 Å². The Balaban J connectivity index is 3.13. The van der Waals surface area contributed by atoms with Crippen LogP contribution in [0.25, 0.3) is 10.4 Å². The Morgan fingerprint density at radius 3 is 2.89 bits per heavy atom. The average Bonchev–Trinajstić information content (AvgIpc) is 2.42. The molecule has 102 valence electrons. The van der Waals surface area contributed by atoms with E-state index >= 15 is 0 Å². The van der Waals surface area contributed by atoms with Crippen LogP contribution >= 0.6 is 0 Å². The van der Waals surface area contributed by atoms with Gasteiger partial charge in [0.25, 0.3) is 0 Å². The number of methoxy groups -OCH3 is 1. The molecule has 1 aromatic carbocycles. The summed E-state index contributed by atoms with van der Waals surface area (Å²) in [4.78, 5) is 13.1. The van der Waals surface area contributed by atoms with Crippen LogP contribution in [0.3, 0.4) is 0 Å². The topological polar surface area (TPSA) is 121 Å². The highest BCUT2D eigenvalue weighted by atomic mass is 16.6. The van der Waals surface area contributed by atoms with E-state index in [1.165, 1.54) is 19.2 Å². The van der Waals surface area contributed by atoms with Crippen LogP contribution in [0.4, 0.5) is 5.69 Å². The van der Waals surface area contributed by atoms with Crippen molar-refractivity contribution in [3.05, 3.63) is 44.3 Å². The maximum atomic E-state index is 10.9. The van der Waals surface area contributed by atoms with Gasteiger partial charge in [0.05, 0.1) is 18.1 Å². The van der Waals surface area contributed by atoms with E-state index in [2.05, 4.69) is 10.0 Å². The predicted molar refractivity (Wildman–Crippen MR) is 67.9 cm³/mol. The molecule has 0 saturated heterocycles. The summed E-state index contributed by atoms with van der Waals surface area (Å²) in [5, 5.41) is 23.3. The van der Waals surface area contributed by atoms with Gasteiger partial charge in [0.2, 0.25) is 0 Å². The molecule has 19 heavy (non-hydrogen) atoms. The Hall–Kier alpha value is -2.31. The molecule has 0 aliphatic carbocycles. The van der Waals surface area contributed by atoms with Gasteiger partial charge in [-0.2, -0.15) is 0 Å². The van der Waals surface area contributed by atoms with E-state index in [1.54, 1.807) is 6.07 Å². The van der Waals surface area contributed by atoms with Gasteiger partial charge >= 0.3 is 5.69 Å². The van der Waals surface area contributed by atoms with Crippen molar-refractivity contribution < 1.29 is 14.8 Å². The van der Waals surface area contributed by atoms with Crippen molar-refractivity contribution in [1.82, 2.24) is 0 Å². The number of aliphatic hydroxyl groups is 1. The van der Waals surface area contributed by atoms with Gasteiger partial charge in [0, 0.05) is 17.6 Å². The molecule has 0 amide bonds. The minimum Gasteiger partial charge on any atom is -0.490 e. The van der Waals surface area contributed by atoms with Crippen LogP contribution in [0.1, 0.15) is 24.4 Å². The first-order valence-electron chi connectivity index (χ1n) is 5.61. The van der Waals surface area contributed by atoms with Crippen molar-refractivity contribution in [1.29, 1.82) is 0 Å². The number of aliphatic hydroxyl groups excluding tert-OH is 1. The highest BCUT2D eigenvalue weighted by Gasteiger charge is 2.18. The first kappa shape index (κ1) is 14.7. The standard InChI is InChI=1S/C11H14N4O4/c1-19-11-5-4-8(7-10(11)15(17)18)9(13-14-12)3-2-6-16/h4-5,7,9,16H,2-3,6H2,1H3. The van der Waals surface area contributed by atoms with Gasteiger partial charge in [-0.1, -0.05) is 11.2 Å². The number of nitro groups is 1. The van der Waals surface area contributed by atoms with Gasteiger partial charge in [-0.05, 0) is 30.0 Å². The van der Waals surface area contributed by atoms with Crippen LogP contribution in [0.15, 0.2) is 23.3 Å². The Labute approximate surface area is 109 Å². The maximum absolute atomic E-state index is 10.9. The number of hydrogen-bond donors (Lipinski definition) is 1. The second-order valence-electron chi connectivity index (χ2n) is 3.77. The van der Waals surface area contributed by atoms with Crippen molar-refractivity contribution in [3.63, 3.8) is 0 Å². The molecule has 0 aliphatic heterocycles. The SMILES string of the molecule is COc1ccc(C(CCCO)N=[N+]=[N-])cc1[N+](=O)[O-]. The van der Waals surface area contributed by atoms with Crippen molar-refractivity contribution in [2.75, 3.05) is 13.7 Å². The number of ether oxygens (including phenoxy) is 1. The minimum absolute atomic E-state index is 0.0320. The quantitative estimate of drug-likeness (QED) is 0.268. The fraction of sp³-hybridized carbons (Fsp3) is 0.455. The molecule has 1 unspecified atom stereocenters. The number of benzene rings is 1. The van der Waals surface area contributed by atoms with Gasteiger partial charge in [0.1, 0.15) is 0 Å². The molecule has 0 fully saturated rings. The molecule has 1 rings (SSSR count). The molecule has 0 radical (unpaired) electrons. The van der Waals surface area contributed by atoms with Gasteiger partial charge in [0.15, 0.2) is 5.75 Å². The molecule has 1 aromatic rings. The van der Waals surface area contributed by atoms with Gasteiger partial charge in [-0.25, -0.2) is 0 Å². The molecule has 0 aliphatic rings. The number of nitrogens with zero attached hydrogens (tertiary/aromatic N) is 4. The zero-order valence-corrected chi connectivity index (χ0v) is 10.4. The largest absolute Gasteiger partial charge is 0.490 e. The summed E-state index contributed by atoms with van der Waals surface area (Å²) >= 11 is 0. The zero-order valence-electron chi connectivity index (χ0n) is 10.4. The van der Waals surface area contributed by atoms with Crippen LogP contribution in [-0.4, -0.2) is 23.7 Å². The molecule has 1 atom stereocenters. The van der Waals surface area contributed by atoms with Gasteiger partial charge in [-0.3, -0.25) is 10.1 Å². The zero-order chi connectivity index (χ0) is 14.3. The highest BCUT2D eigenvalue weighted by Crippen LogP contribution is 2.32. The Morgan fingerprint density at radius 1 is 1.63 bits per heavy atom. The summed E-state index contributed by atoms with van der Waals surface area (Å²) in [5.41, 5.74) is 8.86. The third kappa shape index (κ3) is 3.84. The monoisotopic (exact) mass is 266 g/mol. The van der Waals surface area contributed by atoms with Crippen LogP contribution in [0.5, 0.6) is 5.75 Å². The number of hydrogen-bond acceptors (Lipinski definition) is 5.